The monoisotopic (exact) mass is 414 g/mol. The van der Waals surface area contributed by atoms with Crippen LogP contribution in [-0.2, 0) is 16.1 Å². The fourth-order valence-corrected chi connectivity index (χ4v) is 7.16. The van der Waals surface area contributed by atoms with E-state index in [9.17, 15) is 9.18 Å². The van der Waals surface area contributed by atoms with Crippen molar-refractivity contribution in [3.8, 4) is 10.4 Å². The SMILES string of the molecule is COCCn1cc(-c2ccc(F)cc2)s/c1=N\C(=O)C12CC3CC(CC(C3)C1)C2. The second kappa shape index (κ2) is 7.47. The molecule has 0 spiro atoms. The third-order valence-corrected chi connectivity index (χ3v) is 8.14. The number of aromatic nitrogens is 1. The van der Waals surface area contributed by atoms with Gasteiger partial charge in [-0.1, -0.05) is 23.5 Å². The molecule has 154 valence electrons. The van der Waals surface area contributed by atoms with Gasteiger partial charge in [0.2, 0.25) is 0 Å². The highest BCUT2D eigenvalue weighted by Crippen LogP contribution is 2.60. The molecule has 0 aliphatic heterocycles. The second-order valence-electron chi connectivity index (χ2n) is 9.19. The highest BCUT2D eigenvalue weighted by molar-refractivity contribution is 7.12. The molecule has 1 aromatic carbocycles. The second-order valence-corrected chi connectivity index (χ2v) is 10.2. The lowest BCUT2D eigenvalue weighted by Crippen LogP contribution is -2.49. The minimum Gasteiger partial charge on any atom is -0.383 e. The summed E-state index contributed by atoms with van der Waals surface area (Å²) in [6.07, 6.45) is 9.01. The normalized spacial score (nSPS) is 30.8. The van der Waals surface area contributed by atoms with Gasteiger partial charge in [-0.25, -0.2) is 4.39 Å². The summed E-state index contributed by atoms with van der Waals surface area (Å²) < 4.78 is 20.6. The van der Waals surface area contributed by atoms with E-state index in [1.165, 1.54) is 42.7 Å². The number of halogens is 1. The lowest BCUT2D eigenvalue weighted by atomic mass is 9.49. The Kier molecular flexibility index (Phi) is 4.95. The number of nitrogens with zero attached hydrogens (tertiary/aromatic N) is 2. The fourth-order valence-electron chi connectivity index (χ4n) is 6.14. The Bertz CT molecular complexity index is 940. The highest BCUT2D eigenvalue weighted by Gasteiger charge is 2.54. The number of rotatable bonds is 5. The average Bonchev–Trinajstić information content (AvgIpc) is 3.08. The van der Waals surface area contributed by atoms with Gasteiger partial charge in [-0.2, -0.15) is 4.99 Å². The van der Waals surface area contributed by atoms with Gasteiger partial charge in [-0.15, -0.1) is 0 Å². The van der Waals surface area contributed by atoms with E-state index in [-0.39, 0.29) is 17.1 Å². The minimum atomic E-state index is -0.250. The Morgan fingerprint density at radius 1 is 1.17 bits per heavy atom. The maximum absolute atomic E-state index is 13.4. The average molecular weight is 415 g/mol. The van der Waals surface area contributed by atoms with E-state index in [4.69, 9.17) is 4.74 Å². The lowest BCUT2D eigenvalue weighted by molar-refractivity contribution is -0.142. The maximum atomic E-state index is 13.4. The summed E-state index contributed by atoms with van der Waals surface area (Å²) in [4.78, 5) is 19.8. The molecule has 4 aliphatic carbocycles. The van der Waals surface area contributed by atoms with Crippen LogP contribution < -0.4 is 4.80 Å². The van der Waals surface area contributed by atoms with Crippen LogP contribution in [0, 0.1) is 29.0 Å². The summed E-state index contributed by atoms with van der Waals surface area (Å²) in [5, 5.41) is 0. The van der Waals surface area contributed by atoms with E-state index >= 15 is 0 Å². The molecule has 29 heavy (non-hydrogen) atoms. The molecule has 1 heterocycles. The molecule has 4 saturated carbocycles. The van der Waals surface area contributed by atoms with Crippen LogP contribution >= 0.6 is 11.3 Å². The number of carbonyl (C=O) groups excluding carboxylic acids is 1. The first-order valence-electron chi connectivity index (χ1n) is 10.6. The Hall–Kier alpha value is -1.79. The quantitative estimate of drug-likeness (QED) is 0.715. The minimum absolute atomic E-state index is 0.0790. The Balaban J connectivity index is 1.49. The van der Waals surface area contributed by atoms with E-state index < -0.39 is 0 Å². The van der Waals surface area contributed by atoms with Crippen molar-refractivity contribution in [2.45, 2.75) is 45.1 Å². The molecule has 2 aromatic rings. The van der Waals surface area contributed by atoms with Crippen LogP contribution in [0.4, 0.5) is 4.39 Å². The molecule has 4 fully saturated rings. The van der Waals surface area contributed by atoms with E-state index in [2.05, 4.69) is 4.99 Å². The van der Waals surface area contributed by atoms with Gasteiger partial charge < -0.3 is 9.30 Å². The Morgan fingerprint density at radius 2 is 1.79 bits per heavy atom. The van der Waals surface area contributed by atoms with Gasteiger partial charge >= 0.3 is 0 Å². The zero-order chi connectivity index (χ0) is 20.0. The number of amides is 1. The zero-order valence-electron chi connectivity index (χ0n) is 16.8. The molecule has 0 radical (unpaired) electrons. The van der Waals surface area contributed by atoms with Crippen LogP contribution in [0.5, 0.6) is 0 Å². The molecular weight excluding hydrogens is 387 g/mol. The molecule has 0 unspecified atom stereocenters. The zero-order valence-corrected chi connectivity index (χ0v) is 17.6. The smallest absolute Gasteiger partial charge is 0.254 e. The molecule has 4 bridgehead atoms. The number of thiazole rings is 1. The van der Waals surface area contributed by atoms with Gasteiger partial charge in [-0.3, -0.25) is 4.79 Å². The Morgan fingerprint density at radius 3 is 2.38 bits per heavy atom. The molecule has 4 aliphatic rings. The van der Waals surface area contributed by atoms with Crippen LogP contribution in [0.25, 0.3) is 10.4 Å². The highest BCUT2D eigenvalue weighted by atomic mass is 32.1. The van der Waals surface area contributed by atoms with Crippen LogP contribution in [-0.4, -0.2) is 24.2 Å². The van der Waals surface area contributed by atoms with Gasteiger partial charge in [0.25, 0.3) is 5.91 Å². The summed E-state index contributed by atoms with van der Waals surface area (Å²) in [5.74, 6) is 1.99. The summed E-state index contributed by atoms with van der Waals surface area (Å²) in [5.41, 5.74) is 0.708. The summed E-state index contributed by atoms with van der Waals surface area (Å²) >= 11 is 1.50. The van der Waals surface area contributed by atoms with Gasteiger partial charge in [0.1, 0.15) is 5.82 Å². The number of benzene rings is 1. The topological polar surface area (TPSA) is 43.6 Å². The van der Waals surface area contributed by atoms with Crippen molar-refractivity contribution < 1.29 is 13.9 Å². The van der Waals surface area contributed by atoms with Crippen molar-refractivity contribution in [2.24, 2.45) is 28.2 Å². The maximum Gasteiger partial charge on any atom is 0.254 e. The molecule has 6 rings (SSSR count). The van der Waals surface area contributed by atoms with Crippen molar-refractivity contribution in [2.75, 3.05) is 13.7 Å². The van der Waals surface area contributed by atoms with Crippen molar-refractivity contribution in [3.05, 3.63) is 41.1 Å². The van der Waals surface area contributed by atoms with Crippen molar-refractivity contribution in [3.63, 3.8) is 0 Å². The van der Waals surface area contributed by atoms with Gasteiger partial charge in [-0.05, 0) is 74.0 Å². The first-order chi connectivity index (χ1) is 14.0. The van der Waals surface area contributed by atoms with E-state index in [0.29, 0.717) is 13.2 Å². The molecule has 1 aromatic heterocycles. The van der Waals surface area contributed by atoms with Gasteiger partial charge in [0, 0.05) is 19.9 Å². The molecule has 0 atom stereocenters. The molecule has 6 heteroatoms. The molecular formula is C23H27FN2O2S. The number of ether oxygens (including phenoxy) is 1. The fraction of sp³-hybridized carbons (Fsp3) is 0.565. The number of carbonyl (C=O) groups is 1. The van der Waals surface area contributed by atoms with Crippen molar-refractivity contribution in [1.82, 2.24) is 4.57 Å². The van der Waals surface area contributed by atoms with E-state index in [0.717, 1.165) is 52.3 Å². The number of hydrogen-bond acceptors (Lipinski definition) is 3. The van der Waals surface area contributed by atoms with Crippen LogP contribution in [0.1, 0.15) is 38.5 Å². The molecule has 0 N–H and O–H groups in total. The molecule has 0 saturated heterocycles. The Labute approximate surface area is 174 Å². The third-order valence-electron chi connectivity index (χ3n) is 7.07. The summed E-state index contributed by atoms with van der Waals surface area (Å²) in [6.45, 7) is 1.19. The summed E-state index contributed by atoms with van der Waals surface area (Å²) in [6, 6.07) is 6.47. The predicted molar refractivity (Wildman–Crippen MR) is 111 cm³/mol. The van der Waals surface area contributed by atoms with Crippen LogP contribution in [0.2, 0.25) is 0 Å². The summed E-state index contributed by atoms with van der Waals surface area (Å²) in [7, 11) is 1.67. The van der Waals surface area contributed by atoms with Crippen molar-refractivity contribution >= 4 is 17.2 Å². The van der Waals surface area contributed by atoms with Gasteiger partial charge in [0.15, 0.2) is 4.80 Å². The molecule has 1 amide bonds. The van der Waals surface area contributed by atoms with E-state index in [1.54, 1.807) is 19.2 Å². The van der Waals surface area contributed by atoms with Crippen LogP contribution in [0.15, 0.2) is 35.5 Å². The standard InChI is InChI=1S/C23H27FN2O2S/c1-28-7-6-26-14-20(18-2-4-19(24)5-3-18)29-22(26)25-21(27)23-11-15-8-16(12-23)10-17(9-15)13-23/h2-5,14-17H,6-13H2,1H3/b25-22-. The van der Waals surface area contributed by atoms with Crippen LogP contribution in [0.3, 0.4) is 0 Å². The lowest BCUT2D eigenvalue weighted by Gasteiger charge is -2.55. The largest absolute Gasteiger partial charge is 0.383 e. The van der Waals surface area contributed by atoms with E-state index in [1.807, 2.05) is 10.8 Å². The first-order valence-corrected chi connectivity index (χ1v) is 11.4. The third kappa shape index (κ3) is 3.61. The molecule has 4 nitrogen and oxygen atoms in total. The number of methoxy groups -OCH3 is 1. The predicted octanol–water partition coefficient (Wildman–Crippen LogP) is 4.65. The number of hydrogen-bond donors (Lipinski definition) is 0. The first kappa shape index (κ1) is 19.2. The van der Waals surface area contributed by atoms with Crippen molar-refractivity contribution in [1.29, 1.82) is 0 Å². The van der Waals surface area contributed by atoms with Gasteiger partial charge in [0.05, 0.1) is 16.9 Å².